The summed E-state index contributed by atoms with van der Waals surface area (Å²) in [6.45, 7) is 4.24. The number of aryl methyl sites for hydroxylation is 1. The van der Waals surface area contributed by atoms with E-state index in [1.54, 1.807) is 0 Å². The van der Waals surface area contributed by atoms with Crippen LogP contribution < -0.4 is 11.1 Å². The van der Waals surface area contributed by atoms with Crippen LogP contribution in [-0.4, -0.2) is 42.9 Å². The molecule has 3 N–H and O–H groups in total. The Morgan fingerprint density at radius 1 is 1.52 bits per heavy atom. The maximum absolute atomic E-state index is 12.6. The third-order valence-electron chi connectivity index (χ3n) is 3.84. The van der Waals surface area contributed by atoms with Crippen molar-refractivity contribution in [2.45, 2.75) is 26.2 Å². The molecule has 1 saturated heterocycles. The molecule has 0 aromatic carbocycles. The summed E-state index contributed by atoms with van der Waals surface area (Å²) in [5, 5.41) is 4.78. The Morgan fingerprint density at radius 3 is 3.05 bits per heavy atom. The van der Waals surface area contributed by atoms with Gasteiger partial charge in [-0.2, -0.15) is 0 Å². The molecule has 1 fully saturated rings. The van der Waals surface area contributed by atoms with E-state index in [-0.39, 0.29) is 17.7 Å². The SMILES string of the molecule is CCc1ccsc1C(=O)N1CCCC(C(=O)NCCN)C1. The third kappa shape index (κ3) is 3.83. The number of carbonyl (C=O) groups is 2. The fourth-order valence-electron chi connectivity index (χ4n) is 2.66. The van der Waals surface area contributed by atoms with Crippen LogP contribution in [0, 0.1) is 5.92 Å². The average Bonchev–Trinajstić information content (AvgIpc) is 3.00. The topological polar surface area (TPSA) is 75.4 Å². The van der Waals surface area contributed by atoms with Gasteiger partial charge in [0.05, 0.1) is 10.8 Å². The molecule has 0 spiro atoms. The predicted molar refractivity (Wildman–Crippen MR) is 84.4 cm³/mol. The number of nitrogens with two attached hydrogens (primary N) is 1. The fraction of sp³-hybridized carbons (Fsp3) is 0.600. The number of carbonyl (C=O) groups excluding carboxylic acids is 2. The molecule has 0 radical (unpaired) electrons. The first-order valence-corrected chi connectivity index (χ1v) is 8.38. The van der Waals surface area contributed by atoms with E-state index in [9.17, 15) is 9.59 Å². The fourth-order valence-corrected chi connectivity index (χ4v) is 3.62. The summed E-state index contributed by atoms with van der Waals surface area (Å²) in [5.41, 5.74) is 6.50. The highest BCUT2D eigenvalue weighted by atomic mass is 32.1. The second kappa shape index (κ2) is 7.56. The summed E-state index contributed by atoms with van der Waals surface area (Å²) in [6, 6.07) is 2.01. The van der Waals surface area contributed by atoms with Crippen LogP contribution in [0.1, 0.15) is 35.0 Å². The van der Waals surface area contributed by atoms with Gasteiger partial charge in [0.2, 0.25) is 5.91 Å². The first kappa shape index (κ1) is 16.0. The molecule has 0 aliphatic carbocycles. The first-order chi connectivity index (χ1) is 10.2. The Kier molecular flexibility index (Phi) is 5.76. The van der Waals surface area contributed by atoms with Gasteiger partial charge in [0, 0.05) is 26.2 Å². The lowest BCUT2D eigenvalue weighted by molar-refractivity contribution is -0.126. The van der Waals surface area contributed by atoms with E-state index in [0.29, 0.717) is 19.6 Å². The Morgan fingerprint density at radius 2 is 2.33 bits per heavy atom. The monoisotopic (exact) mass is 309 g/mol. The number of thiophene rings is 1. The van der Waals surface area contributed by atoms with Crippen LogP contribution >= 0.6 is 11.3 Å². The molecule has 1 aliphatic rings. The summed E-state index contributed by atoms with van der Waals surface area (Å²) in [4.78, 5) is 27.3. The number of rotatable bonds is 5. The molecule has 1 aromatic heterocycles. The molecular formula is C15H23N3O2S. The van der Waals surface area contributed by atoms with Gasteiger partial charge in [-0.25, -0.2) is 0 Å². The minimum atomic E-state index is -0.112. The molecule has 2 heterocycles. The van der Waals surface area contributed by atoms with Crippen LogP contribution in [0.25, 0.3) is 0 Å². The van der Waals surface area contributed by atoms with Gasteiger partial charge in [0.25, 0.3) is 5.91 Å². The molecule has 2 amide bonds. The standard InChI is InChI=1S/C15H23N3O2S/c1-2-11-5-9-21-13(11)15(20)18-8-3-4-12(10-18)14(19)17-7-6-16/h5,9,12H,2-4,6-8,10,16H2,1H3,(H,17,19). The normalized spacial score (nSPS) is 18.6. The molecule has 1 atom stereocenters. The average molecular weight is 309 g/mol. The van der Waals surface area contributed by atoms with Gasteiger partial charge in [0.15, 0.2) is 0 Å². The Balaban J connectivity index is 2.00. The summed E-state index contributed by atoms with van der Waals surface area (Å²) in [7, 11) is 0. The molecule has 5 nitrogen and oxygen atoms in total. The Hall–Kier alpha value is -1.40. The number of hydrogen-bond acceptors (Lipinski definition) is 4. The number of nitrogens with one attached hydrogen (secondary N) is 1. The van der Waals surface area contributed by atoms with Crippen molar-refractivity contribution >= 4 is 23.2 Å². The molecule has 1 unspecified atom stereocenters. The van der Waals surface area contributed by atoms with Gasteiger partial charge in [-0.05, 0) is 36.3 Å². The highest BCUT2D eigenvalue weighted by Crippen LogP contribution is 2.23. The number of amides is 2. The molecule has 0 saturated carbocycles. The van der Waals surface area contributed by atoms with Gasteiger partial charge in [0.1, 0.15) is 0 Å². The van der Waals surface area contributed by atoms with Crippen LogP contribution in [0.4, 0.5) is 0 Å². The van der Waals surface area contributed by atoms with Crippen molar-refractivity contribution in [1.29, 1.82) is 0 Å². The highest BCUT2D eigenvalue weighted by Gasteiger charge is 2.29. The maximum Gasteiger partial charge on any atom is 0.264 e. The van der Waals surface area contributed by atoms with Crippen molar-refractivity contribution in [3.63, 3.8) is 0 Å². The zero-order chi connectivity index (χ0) is 15.2. The number of piperidine rings is 1. The quantitative estimate of drug-likeness (QED) is 0.859. The highest BCUT2D eigenvalue weighted by molar-refractivity contribution is 7.12. The van der Waals surface area contributed by atoms with Crippen LogP contribution in [0.2, 0.25) is 0 Å². The van der Waals surface area contributed by atoms with E-state index >= 15 is 0 Å². The summed E-state index contributed by atoms with van der Waals surface area (Å²) in [5.74, 6) is -0.0303. The molecule has 1 aliphatic heterocycles. The van der Waals surface area contributed by atoms with Crippen molar-refractivity contribution in [2.24, 2.45) is 11.7 Å². The predicted octanol–water partition coefficient (Wildman–Crippen LogP) is 1.24. The van der Waals surface area contributed by atoms with E-state index in [1.165, 1.54) is 11.3 Å². The van der Waals surface area contributed by atoms with E-state index in [1.807, 2.05) is 16.3 Å². The third-order valence-corrected chi connectivity index (χ3v) is 4.79. The molecule has 1 aromatic rings. The summed E-state index contributed by atoms with van der Waals surface area (Å²) < 4.78 is 0. The first-order valence-electron chi connectivity index (χ1n) is 7.50. The van der Waals surface area contributed by atoms with E-state index < -0.39 is 0 Å². The molecular weight excluding hydrogens is 286 g/mol. The second-order valence-corrected chi connectivity index (χ2v) is 6.21. The van der Waals surface area contributed by atoms with Gasteiger partial charge in [-0.1, -0.05) is 6.92 Å². The molecule has 0 bridgehead atoms. The van der Waals surface area contributed by atoms with Gasteiger partial charge in [-0.3, -0.25) is 9.59 Å². The number of hydrogen-bond donors (Lipinski definition) is 2. The minimum absolute atomic E-state index is 0.0137. The van der Waals surface area contributed by atoms with Crippen molar-refractivity contribution in [3.05, 3.63) is 21.9 Å². The van der Waals surface area contributed by atoms with Crippen molar-refractivity contribution < 1.29 is 9.59 Å². The van der Waals surface area contributed by atoms with Crippen LogP contribution in [-0.2, 0) is 11.2 Å². The lowest BCUT2D eigenvalue weighted by Gasteiger charge is -2.32. The van der Waals surface area contributed by atoms with E-state index in [2.05, 4.69) is 12.2 Å². The zero-order valence-corrected chi connectivity index (χ0v) is 13.2. The van der Waals surface area contributed by atoms with Crippen molar-refractivity contribution in [1.82, 2.24) is 10.2 Å². The van der Waals surface area contributed by atoms with Crippen molar-refractivity contribution in [2.75, 3.05) is 26.2 Å². The van der Waals surface area contributed by atoms with Crippen LogP contribution in [0.3, 0.4) is 0 Å². The van der Waals surface area contributed by atoms with Gasteiger partial charge < -0.3 is 16.0 Å². The Bertz CT molecular complexity index is 501. The molecule has 2 rings (SSSR count). The maximum atomic E-state index is 12.6. The largest absolute Gasteiger partial charge is 0.355 e. The molecule has 21 heavy (non-hydrogen) atoms. The van der Waals surface area contributed by atoms with E-state index in [4.69, 9.17) is 5.73 Å². The van der Waals surface area contributed by atoms with Crippen molar-refractivity contribution in [3.8, 4) is 0 Å². The lowest BCUT2D eigenvalue weighted by atomic mass is 9.96. The summed E-state index contributed by atoms with van der Waals surface area (Å²) in [6.07, 6.45) is 2.57. The van der Waals surface area contributed by atoms with Crippen LogP contribution in [0.5, 0.6) is 0 Å². The number of nitrogens with zero attached hydrogens (tertiary/aromatic N) is 1. The van der Waals surface area contributed by atoms with Crippen LogP contribution in [0.15, 0.2) is 11.4 Å². The lowest BCUT2D eigenvalue weighted by Crippen LogP contribution is -2.46. The zero-order valence-electron chi connectivity index (χ0n) is 12.4. The number of likely N-dealkylation sites (tertiary alicyclic amines) is 1. The molecule has 116 valence electrons. The van der Waals surface area contributed by atoms with Gasteiger partial charge in [-0.15, -0.1) is 11.3 Å². The van der Waals surface area contributed by atoms with E-state index in [0.717, 1.165) is 36.2 Å². The summed E-state index contributed by atoms with van der Waals surface area (Å²) >= 11 is 1.49. The molecule has 6 heteroatoms. The minimum Gasteiger partial charge on any atom is -0.355 e. The second-order valence-electron chi connectivity index (χ2n) is 5.30. The Labute approximate surface area is 129 Å². The van der Waals surface area contributed by atoms with Gasteiger partial charge >= 0.3 is 0 Å². The smallest absolute Gasteiger partial charge is 0.264 e.